The third-order valence-corrected chi connectivity index (χ3v) is 2.56. The maximum Gasteiger partial charge on any atom is 0.157 e. The second-order valence-corrected chi connectivity index (χ2v) is 4.73. The number of allylic oxidation sites excluding steroid dienone is 4. The van der Waals surface area contributed by atoms with E-state index in [0.29, 0.717) is 5.92 Å². The molecule has 0 aromatic rings. The molecule has 0 amide bonds. The van der Waals surface area contributed by atoms with Crippen molar-refractivity contribution >= 4 is 5.78 Å². The molecule has 0 aliphatic carbocycles. The molecule has 0 aliphatic rings. The molecule has 0 rings (SSSR count). The molecule has 0 radical (unpaired) electrons. The van der Waals surface area contributed by atoms with Crippen molar-refractivity contribution in [3.8, 4) is 0 Å². The maximum absolute atomic E-state index is 11.3. The topological polar surface area (TPSA) is 17.1 Å². The quantitative estimate of drug-likeness (QED) is 0.335. The maximum atomic E-state index is 11.3. The highest BCUT2D eigenvalue weighted by Crippen LogP contribution is 2.07. The highest BCUT2D eigenvalue weighted by Gasteiger charge is 2.00. The zero-order chi connectivity index (χ0) is 12.4. The Hall–Kier alpha value is -0.850. The average molecular weight is 222 g/mol. The van der Waals surface area contributed by atoms with Crippen molar-refractivity contribution in [2.75, 3.05) is 0 Å². The number of carbonyl (C=O) groups is 1. The molecule has 0 spiro atoms. The predicted molar refractivity (Wildman–Crippen MR) is 71.4 cm³/mol. The number of rotatable bonds is 8. The summed E-state index contributed by atoms with van der Waals surface area (Å²) in [5, 5.41) is 0. The first-order chi connectivity index (χ1) is 7.57. The SMILES string of the molecule is CCC[C@H](C)/C=C/CC/C=C/C(=O)C(C)C. The van der Waals surface area contributed by atoms with Crippen LogP contribution in [0.2, 0.25) is 0 Å². The lowest BCUT2D eigenvalue weighted by molar-refractivity contribution is -0.117. The standard InChI is InChI=1S/C15H26O/c1-5-10-14(4)11-8-6-7-9-12-15(16)13(2)3/h8-9,11-14H,5-7,10H2,1-4H3/b11-8+,12-9+/t14-/m0/s1. The van der Waals surface area contributed by atoms with Crippen LogP contribution in [0.4, 0.5) is 0 Å². The van der Waals surface area contributed by atoms with Crippen molar-refractivity contribution in [1.29, 1.82) is 0 Å². The van der Waals surface area contributed by atoms with Crippen LogP contribution in [0, 0.1) is 11.8 Å². The number of carbonyl (C=O) groups excluding carboxylic acids is 1. The van der Waals surface area contributed by atoms with E-state index >= 15 is 0 Å². The molecule has 0 saturated heterocycles. The largest absolute Gasteiger partial charge is 0.295 e. The van der Waals surface area contributed by atoms with Crippen LogP contribution in [-0.4, -0.2) is 5.78 Å². The molecular weight excluding hydrogens is 196 g/mol. The van der Waals surface area contributed by atoms with Crippen LogP contribution in [0.3, 0.4) is 0 Å². The van der Waals surface area contributed by atoms with Crippen LogP contribution in [-0.2, 0) is 4.79 Å². The Bertz CT molecular complexity index is 236. The number of hydrogen-bond donors (Lipinski definition) is 0. The fourth-order valence-corrected chi connectivity index (χ4v) is 1.46. The first kappa shape index (κ1) is 15.2. The lowest BCUT2D eigenvalue weighted by Crippen LogP contribution is -2.01. The Balaban J connectivity index is 3.63. The second-order valence-electron chi connectivity index (χ2n) is 4.73. The fourth-order valence-electron chi connectivity index (χ4n) is 1.46. The number of ketones is 1. The average Bonchev–Trinajstić information content (AvgIpc) is 2.23. The van der Waals surface area contributed by atoms with E-state index in [4.69, 9.17) is 0 Å². The fraction of sp³-hybridized carbons (Fsp3) is 0.667. The molecule has 0 heterocycles. The second kappa shape index (κ2) is 9.38. The Labute approximate surface area is 101 Å². The highest BCUT2D eigenvalue weighted by molar-refractivity contribution is 5.91. The summed E-state index contributed by atoms with van der Waals surface area (Å²) in [7, 11) is 0. The Morgan fingerprint density at radius 2 is 1.75 bits per heavy atom. The van der Waals surface area contributed by atoms with E-state index < -0.39 is 0 Å². The van der Waals surface area contributed by atoms with Gasteiger partial charge < -0.3 is 0 Å². The molecule has 0 bridgehead atoms. The molecule has 16 heavy (non-hydrogen) atoms. The number of hydrogen-bond acceptors (Lipinski definition) is 1. The molecule has 0 aromatic carbocycles. The van der Waals surface area contributed by atoms with Gasteiger partial charge in [0.15, 0.2) is 5.78 Å². The molecule has 1 nitrogen and oxygen atoms in total. The molecular formula is C15H26O. The van der Waals surface area contributed by atoms with Gasteiger partial charge in [0.05, 0.1) is 0 Å². The van der Waals surface area contributed by atoms with Crippen LogP contribution >= 0.6 is 0 Å². The van der Waals surface area contributed by atoms with Gasteiger partial charge in [0, 0.05) is 5.92 Å². The van der Waals surface area contributed by atoms with Crippen molar-refractivity contribution < 1.29 is 4.79 Å². The summed E-state index contributed by atoms with van der Waals surface area (Å²) in [5.41, 5.74) is 0. The summed E-state index contributed by atoms with van der Waals surface area (Å²) in [6.07, 6.45) is 12.7. The van der Waals surface area contributed by atoms with Crippen molar-refractivity contribution in [1.82, 2.24) is 0 Å². The predicted octanol–water partition coefficient (Wildman–Crippen LogP) is 4.54. The van der Waals surface area contributed by atoms with Crippen LogP contribution in [0.15, 0.2) is 24.3 Å². The molecule has 0 unspecified atom stereocenters. The lowest BCUT2D eigenvalue weighted by atomic mass is 10.0. The van der Waals surface area contributed by atoms with Gasteiger partial charge in [-0.15, -0.1) is 0 Å². The summed E-state index contributed by atoms with van der Waals surface area (Å²) in [6, 6.07) is 0. The molecule has 0 aliphatic heterocycles. The summed E-state index contributed by atoms with van der Waals surface area (Å²) in [6.45, 7) is 8.32. The zero-order valence-corrected chi connectivity index (χ0v) is 11.2. The highest BCUT2D eigenvalue weighted by atomic mass is 16.1. The van der Waals surface area contributed by atoms with E-state index in [1.54, 1.807) is 6.08 Å². The molecule has 0 fully saturated rings. The molecule has 0 saturated carbocycles. The monoisotopic (exact) mass is 222 g/mol. The molecule has 0 N–H and O–H groups in total. The van der Waals surface area contributed by atoms with Gasteiger partial charge in [-0.2, -0.15) is 0 Å². The van der Waals surface area contributed by atoms with Gasteiger partial charge in [-0.25, -0.2) is 0 Å². The van der Waals surface area contributed by atoms with E-state index in [9.17, 15) is 4.79 Å². The third-order valence-electron chi connectivity index (χ3n) is 2.56. The lowest BCUT2D eigenvalue weighted by Gasteiger charge is -2.01. The minimum atomic E-state index is 0.122. The van der Waals surface area contributed by atoms with Gasteiger partial charge >= 0.3 is 0 Å². The van der Waals surface area contributed by atoms with Crippen LogP contribution in [0.1, 0.15) is 53.4 Å². The zero-order valence-electron chi connectivity index (χ0n) is 11.2. The van der Waals surface area contributed by atoms with E-state index in [2.05, 4.69) is 26.0 Å². The molecule has 1 atom stereocenters. The number of unbranched alkanes of at least 4 members (excludes halogenated alkanes) is 1. The van der Waals surface area contributed by atoms with Crippen molar-refractivity contribution in [3.63, 3.8) is 0 Å². The Morgan fingerprint density at radius 1 is 1.12 bits per heavy atom. The van der Waals surface area contributed by atoms with Gasteiger partial charge in [0.25, 0.3) is 0 Å². The first-order valence-electron chi connectivity index (χ1n) is 6.45. The van der Waals surface area contributed by atoms with Gasteiger partial charge in [-0.1, -0.05) is 52.3 Å². The summed E-state index contributed by atoms with van der Waals surface area (Å²) in [5.74, 6) is 1.03. The third kappa shape index (κ3) is 8.46. The first-order valence-corrected chi connectivity index (χ1v) is 6.45. The van der Waals surface area contributed by atoms with Crippen molar-refractivity contribution in [2.45, 2.75) is 53.4 Å². The van der Waals surface area contributed by atoms with E-state index in [1.165, 1.54) is 12.8 Å². The minimum absolute atomic E-state index is 0.122. The summed E-state index contributed by atoms with van der Waals surface area (Å²) >= 11 is 0. The van der Waals surface area contributed by atoms with E-state index in [1.807, 2.05) is 19.9 Å². The van der Waals surface area contributed by atoms with Crippen LogP contribution in [0.25, 0.3) is 0 Å². The van der Waals surface area contributed by atoms with Crippen LogP contribution in [0.5, 0.6) is 0 Å². The van der Waals surface area contributed by atoms with E-state index in [-0.39, 0.29) is 11.7 Å². The Morgan fingerprint density at radius 3 is 2.31 bits per heavy atom. The van der Waals surface area contributed by atoms with Gasteiger partial charge in [-0.3, -0.25) is 4.79 Å². The normalized spacial score (nSPS) is 14.1. The summed E-state index contributed by atoms with van der Waals surface area (Å²) < 4.78 is 0. The van der Waals surface area contributed by atoms with Gasteiger partial charge in [-0.05, 0) is 31.3 Å². The van der Waals surface area contributed by atoms with Gasteiger partial charge in [0.1, 0.15) is 0 Å². The Kier molecular flexibility index (Phi) is 8.88. The molecule has 0 aromatic heterocycles. The molecule has 1 heteroatoms. The summed E-state index contributed by atoms with van der Waals surface area (Å²) in [4.78, 5) is 11.3. The smallest absolute Gasteiger partial charge is 0.157 e. The van der Waals surface area contributed by atoms with E-state index in [0.717, 1.165) is 12.8 Å². The van der Waals surface area contributed by atoms with Crippen LogP contribution < -0.4 is 0 Å². The van der Waals surface area contributed by atoms with Crippen molar-refractivity contribution in [2.24, 2.45) is 11.8 Å². The minimum Gasteiger partial charge on any atom is -0.295 e. The van der Waals surface area contributed by atoms with Crippen molar-refractivity contribution in [3.05, 3.63) is 24.3 Å². The molecule has 92 valence electrons. The van der Waals surface area contributed by atoms with Gasteiger partial charge in [0.2, 0.25) is 0 Å².